The van der Waals surface area contributed by atoms with Gasteiger partial charge in [-0.3, -0.25) is 4.79 Å². The molecule has 3 aromatic rings. The average molecular weight is 573 g/mol. The number of aromatic nitrogens is 1. The van der Waals surface area contributed by atoms with Crippen LogP contribution in [-0.4, -0.2) is 38.4 Å². The molecular formula is C24H21ClF4N4O4S. The summed E-state index contributed by atoms with van der Waals surface area (Å²) in [5.74, 6) is -1.99. The number of hydrogen-bond donors (Lipinski definition) is 3. The molecule has 1 aliphatic rings. The van der Waals surface area contributed by atoms with Gasteiger partial charge in [-0.15, -0.1) is 0 Å². The highest BCUT2D eigenvalue weighted by atomic mass is 35.5. The number of alkyl halides is 3. The largest absolute Gasteiger partial charge is 0.456 e. The van der Waals surface area contributed by atoms with Crippen LogP contribution < -0.4 is 20.1 Å². The number of anilines is 1. The van der Waals surface area contributed by atoms with Gasteiger partial charge in [0.25, 0.3) is 15.9 Å². The molecular weight excluding hydrogens is 552 g/mol. The third-order valence-electron chi connectivity index (χ3n) is 5.63. The molecule has 38 heavy (non-hydrogen) atoms. The van der Waals surface area contributed by atoms with Gasteiger partial charge < -0.3 is 15.4 Å². The summed E-state index contributed by atoms with van der Waals surface area (Å²) < 4.78 is 87.6. The molecule has 4 rings (SSSR count). The molecule has 0 saturated carbocycles. The van der Waals surface area contributed by atoms with Crippen LogP contribution in [-0.2, 0) is 16.2 Å². The molecule has 3 N–H and O–H groups in total. The highest BCUT2D eigenvalue weighted by Crippen LogP contribution is 2.40. The normalized spacial score (nSPS) is 15.9. The standard InChI is InChI=1S/C24H21ClF4N4O4S/c1-13-8-14(26)2-3-20(13)37-21-11-18(24(27,28)29)19(25)10-17(21)23(34)32-15-5-7-31-22(9-15)38(35,36)33-16-4-6-30-12-16/h2-3,5,7-11,16,30,33H,4,6,12H2,1H3,(H,31,32,34)/t16-/m0/s1. The van der Waals surface area contributed by atoms with Gasteiger partial charge >= 0.3 is 6.18 Å². The van der Waals surface area contributed by atoms with Crippen LogP contribution >= 0.6 is 11.6 Å². The zero-order valence-electron chi connectivity index (χ0n) is 19.7. The second-order valence-electron chi connectivity index (χ2n) is 8.49. The maximum atomic E-state index is 13.5. The minimum absolute atomic E-state index is 0.00913. The van der Waals surface area contributed by atoms with Crippen LogP contribution in [0.2, 0.25) is 5.02 Å². The predicted octanol–water partition coefficient (Wildman–Crippen LogP) is 4.89. The number of pyridine rings is 1. The van der Waals surface area contributed by atoms with Crippen LogP contribution in [0, 0.1) is 12.7 Å². The van der Waals surface area contributed by atoms with Crippen LogP contribution in [0.3, 0.4) is 0 Å². The van der Waals surface area contributed by atoms with Gasteiger partial charge in [-0.1, -0.05) is 11.6 Å². The number of sulfonamides is 1. The lowest BCUT2D eigenvalue weighted by Crippen LogP contribution is -2.36. The first-order chi connectivity index (χ1) is 17.8. The summed E-state index contributed by atoms with van der Waals surface area (Å²) in [7, 11) is -4.01. The van der Waals surface area contributed by atoms with Crippen LogP contribution in [0.4, 0.5) is 23.2 Å². The molecule has 202 valence electrons. The van der Waals surface area contributed by atoms with E-state index in [0.29, 0.717) is 25.6 Å². The molecule has 0 aliphatic carbocycles. The first-order valence-electron chi connectivity index (χ1n) is 11.2. The highest BCUT2D eigenvalue weighted by molar-refractivity contribution is 7.89. The molecule has 8 nitrogen and oxygen atoms in total. The summed E-state index contributed by atoms with van der Waals surface area (Å²) in [6.07, 6.45) is -3.09. The molecule has 0 unspecified atom stereocenters. The van der Waals surface area contributed by atoms with E-state index in [1.165, 1.54) is 19.1 Å². The van der Waals surface area contributed by atoms with Crippen molar-refractivity contribution in [3.05, 3.63) is 76.2 Å². The van der Waals surface area contributed by atoms with Crippen LogP contribution in [0.1, 0.15) is 27.9 Å². The van der Waals surface area contributed by atoms with Crippen molar-refractivity contribution in [2.75, 3.05) is 18.4 Å². The Bertz CT molecular complexity index is 1480. The third-order valence-corrected chi connectivity index (χ3v) is 7.36. The van der Waals surface area contributed by atoms with E-state index in [2.05, 4.69) is 20.3 Å². The van der Waals surface area contributed by atoms with Crippen molar-refractivity contribution in [3.63, 3.8) is 0 Å². The molecule has 2 heterocycles. The Morgan fingerprint density at radius 2 is 1.92 bits per heavy atom. The molecule has 1 atom stereocenters. The Balaban J connectivity index is 1.66. The topological polar surface area (TPSA) is 109 Å². The van der Waals surface area contributed by atoms with Crippen molar-refractivity contribution in [1.82, 2.24) is 15.0 Å². The molecule has 1 amide bonds. The van der Waals surface area contributed by atoms with Crippen LogP contribution in [0.25, 0.3) is 0 Å². The maximum Gasteiger partial charge on any atom is 0.417 e. The lowest BCUT2D eigenvalue weighted by molar-refractivity contribution is -0.137. The lowest BCUT2D eigenvalue weighted by Gasteiger charge is -2.17. The minimum atomic E-state index is -4.85. The summed E-state index contributed by atoms with van der Waals surface area (Å²) >= 11 is 5.85. The summed E-state index contributed by atoms with van der Waals surface area (Å²) in [4.78, 5) is 17.0. The van der Waals surface area contributed by atoms with E-state index < -0.39 is 44.3 Å². The Kier molecular flexibility index (Phi) is 7.93. The van der Waals surface area contributed by atoms with Gasteiger partial charge in [-0.2, -0.15) is 13.2 Å². The summed E-state index contributed by atoms with van der Waals surface area (Å²) in [5.41, 5.74) is -1.33. The van der Waals surface area contributed by atoms with Gasteiger partial charge in [0.1, 0.15) is 17.3 Å². The van der Waals surface area contributed by atoms with E-state index in [0.717, 1.165) is 30.5 Å². The highest BCUT2D eigenvalue weighted by Gasteiger charge is 2.35. The van der Waals surface area contributed by atoms with Gasteiger partial charge in [0.05, 0.1) is 16.1 Å². The Hall–Kier alpha value is -3.26. The smallest absolute Gasteiger partial charge is 0.417 e. The number of rotatable bonds is 7. The van der Waals surface area contributed by atoms with Gasteiger partial charge in [0.15, 0.2) is 5.03 Å². The molecule has 0 radical (unpaired) electrons. The van der Waals surface area contributed by atoms with Gasteiger partial charge in [-0.05, 0) is 61.9 Å². The van der Waals surface area contributed by atoms with Gasteiger partial charge in [0.2, 0.25) is 0 Å². The van der Waals surface area contributed by atoms with Crippen LogP contribution in [0.5, 0.6) is 11.5 Å². The Morgan fingerprint density at radius 3 is 2.58 bits per heavy atom. The number of ether oxygens (including phenoxy) is 1. The molecule has 1 aliphatic heterocycles. The molecule has 14 heteroatoms. The fourth-order valence-electron chi connectivity index (χ4n) is 3.75. The van der Waals surface area contributed by atoms with E-state index in [4.69, 9.17) is 16.3 Å². The molecule has 0 bridgehead atoms. The van der Waals surface area contributed by atoms with Crippen molar-refractivity contribution in [2.24, 2.45) is 0 Å². The number of amides is 1. The summed E-state index contributed by atoms with van der Waals surface area (Å²) in [5, 5.41) is 4.36. The average Bonchev–Trinajstić information content (AvgIpc) is 3.33. The van der Waals surface area contributed by atoms with Crippen molar-refractivity contribution in [3.8, 4) is 11.5 Å². The van der Waals surface area contributed by atoms with Crippen molar-refractivity contribution < 1.29 is 35.5 Å². The minimum Gasteiger partial charge on any atom is -0.456 e. The van der Waals surface area contributed by atoms with E-state index in [9.17, 15) is 30.8 Å². The van der Waals surface area contributed by atoms with Crippen molar-refractivity contribution in [2.45, 2.75) is 30.6 Å². The fraction of sp³-hybridized carbons (Fsp3) is 0.250. The van der Waals surface area contributed by atoms with Crippen molar-refractivity contribution in [1.29, 1.82) is 0 Å². The summed E-state index contributed by atoms with van der Waals surface area (Å²) in [6.45, 7) is 2.60. The Labute approximate surface area is 220 Å². The number of aryl methyl sites for hydroxylation is 1. The zero-order chi connectivity index (χ0) is 27.7. The number of halogens is 5. The van der Waals surface area contributed by atoms with Crippen molar-refractivity contribution >= 4 is 33.2 Å². The second kappa shape index (κ2) is 10.8. The number of benzene rings is 2. The quantitative estimate of drug-likeness (QED) is 0.348. The van der Waals surface area contributed by atoms with E-state index >= 15 is 0 Å². The van der Waals surface area contributed by atoms with E-state index in [-0.39, 0.29) is 33.6 Å². The first kappa shape index (κ1) is 27.8. The van der Waals surface area contributed by atoms with E-state index in [1.54, 1.807) is 0 Å². The van der Waals surface area contributed by atoms with E-state index in [1.807, 2.05) is 0 Å². The number of hydrogen-bond acceptors (Lipinski definition) is 6. The Morgan fingerprint density at radius 1 is 1.16 bits per heavy atom. The lowest BCUT2D eigenvalue weighted by atomic mass is 10.1. The second-order valence-corrected chi connectivity index (χ2v) is 10.6. The number of nitrogens with zero attached hydrogens (tertiary/aromatic N) is 1. The third kappa shape index (κ3) is 6.41. The number of carbonyl (C=O) groups is 1. The molecule has 0 spiro atoms. The first-order valence-corrected chi connectivity index (χ1v) is 13.0. The van der Waals surface area contributed by atoms with Gasteiger partial charge in [0, 0.05) is 30.5 Å². The number of carbonyl (C=O) groups excluding carboxylic acids is 1. The molecule has 2 aromatic carbocycles. The zero-order valence-corrected chi connectivity index (χ0v) is 21.3. The monoisotopic (exact) mass is 572 g/mol. The SMILES string of the molecule is Cc1cc(F)ccc1Oc1cc(C(F)(F)F)c(Cl)cc1C(=O)Nc1ccnc(S(=O)(=O)N[C@H]2CCNC2)c1. The number of nitrogens with one attached hydrogen (secondary N) is 3. The summed E-state index contributed by atoms with van der Waals surface area (Å²) in [6, 6.07) is 6.85. The molecule has 1 saturated heterocycles. The molecule has 1 fully saturated rings. The fourth-order valence-corrected chi connectivity index (χ4v) is 5.26. The van der Waals surface area contributed by atoms with Gasteiger partial charge in [-0.25, -0.2) is 22.5 Å². The van der Waals surface area contributed by atoms with Crippen LogP contribution in [0.15, 0.2) is 53.7 Å². The predicted molar refractivity (Wildman–Crippen MR) is 131 cm³/mol. The maximum absolute atomic E-state index is 13.5. The molecule has 1 aromatic heterocycles.